The molecule has 1 aromatic heterocycles. The fraction of sp³-hybridized carbons (Fsp3) is 0.267. The number of likely N-dealkylation sites (N-methyl/N-ethyl adjacent to an activating group) is 1. The molecule has 1 N–H and O–H groups in total. The SMILES string of the molecule is CCNC(Cc1ccccc1)c1cncc(F)c1. The zero-order chi connectivity index (χ0) is 12.8. The summed E-state index contributed by atoms with van der Waals surface area (Å²) in [6.45, 7) is 2.89. The van der Waals surface area contributed by atoms with Crippen LogP contribution in [0.4, 0.5) is 4.39 Å². The van der Waals surface area contributed by atoms with Gasteiger partial charge in [-0.2, -0.15) is 0 Å². The number of rotatable bonds is 5. The van der Waals surface area contributed by atoms with Gasteiger partial charge in [-0.05, 0) is 30.2 Å². The standard InChI is InChI=1S/C15H17FN2/c1-2-18-15(8-12-6-4-3-5-7-12)13-9-14(16)11-17-10-13/h3-7,9-11,15,18H,2,8H2,1H3. The van der Waals surface area contributed by atoms with Gasteiger partial charge >= 0.3 is 0 Å². The zero-order valence-corrected chi connectivity index (χ0v) is 10.4. The van der Waals surface area contributed by atoms with Crippen molar-refractivity contribution < 1.29 is 4.39 Å². The van der Waals surface area contributed by atoms with Gasteiger partial charge in [-0.25, -0.2) is 4.39 Å². The molecule has 0 fully saturated rings. The Kier molecular flexibility index (Phi) is 4.42. The zero-order valence-electron chi connectivity index (χ0n) is 10.4. The fourth-order valence-corrected chi connectivity index (χ4v) is 2.02. The maximum atomic E-state index is 13.2. The van der Waals surface area contributed by atoms with E-state index in [0.29, 0.717) is 0 Å². The van der Waals surface area contributed by atoms with E-state index >= 15 is 0 Å². The van der Waals surface area contributed by atoms with Gasteiger partial charge < -0.3 is 5.32 Å². The number of nitrogens with zero attached hydrogens (tertiary/aromatic N) is 1. The molecular weight excluding hydrogens is 227 g/mol. The maximum Gasteiger partial charge on any atom is 0.141 e. The molecular formula is C15H17FN2. The predicted molar refractivity (Wildman–Crippen MR) is 70.8 cm³/mol. The van der Waals surface area contributed by atoms with Crippen LogP contribution in [0.1, 0.15) is 24.1 Å². The van der Waals surface area contributed by atoms with Crippen LogP contribution in [-0.4, -0.2) is 11.5 Å². The minimum Gasteiger partial charge on any atom is -0.310 e. The summed E-state index contributed by atoms with van der Waals surface area (Å²) >= 11 is 0. The van der Waals surface area contributed by atoms with E-state index in [4.69, 9.17) is 0 Å². The quantitative estimate of drug-likeness (QED) is 0.874. The minimum atomic E-state index is -0.288. The first-order valence-electron chi connectivity index (χ1n) is 6.17. The smallest absolute Gasteiger partial charge is 0.141 e. The van der Waals surface area contributed by atoms with E-state index in [9.17, 15) is 4.39 Å². The Morgan fingerprint density at radius 2 is 2.00 bits per heavy atom. The molecule has 0 spiro atoms. The summed E-state index contributed by atoms with van der Waals surface area (Å²) in [6.07, 6.45) is 3.79. The van der Waals surface area contributed by atoms with Gasteiger partial charge in [-0.1, -0.05) is 37.3 Å². The third-order valence-electron chi connectivity index (χ3n) is 2.86. The van der Waals surface area contributed by atoms with Gasteiger partial charge in [0.25, 0.3) is 0 Å². The van der Waals surface area contributed by atoms with Crippen molar-refractivity contribution in [3.05, 3.63) is 65.7 Å². The Balaban J connectivity index is 2.18. The van der Waals surface area contributed by atoms with E-state index in [-0.39, 0.29) is 11.9 Å². The molecule has 0 aliphatic rings. The summed E-state index contributed by atoms with van der Waals surface area (Å²) in [5, 5.41) is 3.37. The normalized spacial score (nSPS) is 12.3. The van der Waals surface area contributed by atoms with E-state index in [0.717, 1.165) is 18.5 Å². The number of nitrogens with one attached hydrogen (secondary N) is 1. The summed E-state index contributed by atoms with van der Waals surface area (Å²) in [5.41, 5.74) is 2.12. The van der Waals surface area contributed by atoms with Gasteiger partial charge in [0.05, 0.1) is 6.20 Å². The van der Waals surface area contributed by atoms with Crippen LogP contribution in [0.15, 0.2) is 48.8 Å². The largest absolute Gasteiger partial charge is 0.310 e. The highest BCUT2D eigenvalue weighted by Gasteiger charge is 2.12. The Hall–Kier alpha value is -1.74. The third-order valence-corrected chi connectivity index (χ3v) is 2.86. The number of benzene rings is 1. The molecule has 0 radical (unpaired) electrons. The van der Waals surface area contributed by atoms with Crippen molar-refractivity contribution >= 4 is 0 Å². The average Bonchev–Trinajstić information content (AvgIpc) is 2.39. The van der Waals surface area contributed by atoms with Gasteiger partial charge in [0.2, 0.25) is 0 Å². The van der Waals surface area contributed by atoms with Crippen LogP contribution in [0.2, 0.25) is 0 Å². The van der Waals surface area contributed by atoms with Crippen LogP contribution in [0.25, 0.3) is 0 Å². The molecule has 1 heterocycles. The molecule has 2 aromatic rings. The molecule has 1 aromatic carbocycles. The second kappa shape index (κ2) is 6.26. The average molecular weight is 244 g/mol. The molecule has 0 amide bonds. The lowest BCUT2D eigenvalue weighted by Gasteiger charge is -2.18. The lowest BCUT2D eigenvalue weighted by atomic mass is 10.0. The summed E-state index contributed by atoms with van der Waals surface area (Å²) in [6, 6.07) is 11.8. The molecule has 1 atom stereocenters. The van der Waals surface area contributed by atoms with Crippen molar-refractivity contribution in [2.24, 2.45) is 0 Å². The Labute approximate surface area is 107 Å². The van der Waals surface area contributed by atoms with Crippen molar-refractivity contribution in [2.75, 3.05) is 6.54 Å². The lowest BCUT2D eigenvalue weighted by molar-refractivity contribution is 0.539. The molecule has 94 valence electrons. The van der Waals surface area contributed by atoms with Crippen molar-refractivity contribution in [1.29, 1.82) is 0 Å². The van der Waals surface area contributed by atoms with Crippen molar-refractivity contribution in [2.45, 2.75) is 19.4 Å². The third kappa shape index (κ3) is 3.37. The monoisotopic (exact) mass is 244 g/mol. The van der Waals surface area contributed by atoms with Crippen LogP contribution in [-0.2, 0) is 6.42 Å². The first-order chi connectivity index (χ1) is 8.79. The van der Waals surface area contributed by atoms with Crippen LogP contribution in [0.5, 0.6) is 0 Å². The highest BCUT2D eigenvalue weighted by molar-refractivity contribution is 5.21. The molecule has 18 heavy (non-hydrogen) atoms. The first-order valence-corrected chi connectivity index (χ1v) is 6.17. The van der Waals surface area contributed by atoms with Gasteiger partial charge in [0.1, 0.15) is 5.82 Å². The van der Waals surface area contributed by atoms with E-state index in [1.54, 1.807) is 12.3 Å². The topological polar surface area (TPSA) is 24.9 Å². The second-order valence-corrected chi connectivity index (χ2v) is 4.24. The molecule has 0 bridgehead atoms. The second-order valence-electron chi connectivity index (χ2n) is 4.24. The number of aromatic nitrogens is 1. The Bertz CT molecular complexity index is 485. The van der Waals surface area contributed by atoms with Crippen LogP contribution < -0.4 is 5.32 Å². The number of halogens is 1. The predicted octanol–water partition coefficient (Wildman–Crippen LogP) is 3.11. The molecule has 2 nitrogen and oxygen atoms in total. The Morgan fingerprint density at radius 3 is 2.67 bits per heavy atom. The van der Waals surface area contributed by atoms with Gasteiger partial charge in [-0.15, -0.1) is 0 Å². The van der Waals surface area contributed by atoms with Gasteiger partial charge in [-0.3, -0.25) is 4.98 Å². The number of hydrogen-bond acceptors (Lipinski definition) is 2. The molecule has 0 saturated carbocycles. The Morgan fingerprint density at radius 1 is 1.22 bits per heavy atom. The molecule has 0 aliphatic carbocycles. The fourth-order valence-electron chi connectivity index (χ4n) is 2.02. The van der Waals surface area contributed by atoms with Gasteiger partial charge in [0.15, 0.2) is 0 Å². The summed E-state index contributed by atoms with van der Waals surface area (Å²) in [7, 11) is 0. The summed E-state index contributed by atoms with van der Waals surface area (Å²) in [4.78, 5) is 3.91. The first kappa shape index (κ1) is 12.7. The molecule has 0 aliphatic heterocycles. The van der Waals surface area contributed by atoms with Crippen molar-refractivity contribution in [1.82, 2.24) is 10.3 Å². The highest BCUT2D eigenvalue weighted by atomic mass is 19.1. The molecule has 1 unspecified atom stereocenters. The van der Waals surface area contributed by atoms with Crippen LogP contribution >= 0.6 is 0 Å². The van der Waals surface area contributed by atoms with Crippen LogP contribution in [0, 0.1) is 5.82 Å². The number of hydrogen-bond donors (Lipinski definition) is 1. The minimum absolute atomic E-state index is 0.0978. The van der Waals surface area contributed by atoms with E-state index in [1.165, 1.54) is 11.8 Å². The van der Waals surface area contributed by atoms with Crippen LogP contribution in [0.3, 0.4) is 0 Å². The lowest BCUT2D eigenvalue weighted by Crippen LogP contribution is -2.23. The van der Waals surface area contributed by atoms with E-state index in [1.807, 2.05) is 25.1 Å². The van der Waals surface area contributed by atoms with Crippen molar-refractivity contribution in [3.63, 3.8) is 0 Å². The molecule has 3 heteroatoms. The van der Waals surface area contributed by atoms with Gasteiger partial charge in [0, 0.05) is 12.2 Å². The molecule has 2 rings (SSSR count). The number of pyridine rings is 1. The van der Waals surface area contributed by atoms with E-state index < -0.39 is 0 Å². The molecule has 0 saturated heterocycles. The summed E-state index contributed by atoms with van der Waals surface area (Å²) in [5.74, 6) is -0.288. The van der Waals surface area contributed by atoms with Crippen molar-refractivity contribution in [3.8, 4) is 0 Å². The summed E-state index contributed by atoms with van der Waals surface area (Å²) < 4.78 is 13.2. The highest BCUT2D eigenvalue weighted by Crippen LogP contribution is 2.18. The maximum absolute atomic E-state index is 13.2. The van der Waals surface area contributed by atoms with E-state index in [2.05, 4.69) is 22.4 Å².